The van der Waals surface area contributed by atoms with Crippen molar-refractivity contribution >= 4 is 17.4 Å². The van der Waals surface area contributed by atoms with E-state index in [4.69, 9.17) is 0 Å². The molecule has 3 heteroatoms. The second-order valence-electron chi connectivity index (χ2n) is 6.76. The van der Waals surface area contributed by atoms with Crippen molar-refractivity contribution in [3.05, 3.63) is 53.6 Å². The van der Waals surface area contributed by atoms with Crippen LogP contribution in [0.3, 0.4) is 0 Å². The van der Waals surface area contributed by atoms with Crippen LogP contribution in [0.25, 0.3) is 11.1 Å². The first-order valence-electron chi connectivity index (χ1n) is 8.49. The van der Waals surface area contributed by atoms with E-state index in [-0.39, 0.29) is 17.6 Å². The normalized spacial score (nSPS) is 13.2. The summed E-state index contributed by atoms with van der Waals surface area (Å²) in [6.45, 7) is 6.25. The summed E-state index contributed by atoms with van der Waals surface area (Å²) in [4.78, 5) is 25.3. The van der Waals surface area contributed by atoms with E-state index < -0.39 is 0 Å². The molecule has 0 aromatic heterocycles. The van der Waals surface area contributed by atoms with Gasteiger partial charge in [0.2, 0.25) is 5.91 Å². The Bertz CT molecular complexity index is 775. The fourth-order valence-corrected chi connectivity index (χ4v) is 3.13. The summed E-state index contributed by atoms with van der Waals surface area (Å²) < 4.78 is 0. The summed E-state index contributed by atoms with van der Waals surface area (Å²) in [7, 11) is 0. The van der Waals surface area contributed by atoms with E-state index in [0.717, 1.165) is 35.3 Å². The molecule has 0 fully saturated rings. The van der Waals surface area contributed by atoms with Gasteiger partial charge in [-0.1, -0.05) is 44.2 Å². The quantitative estimate of drug-likeness (QED) is 0.852. The van der Waals surface area contributed by atoms with Crippen LogP contribution in [0.1, 0.15) is 31.9 Å². The lowest BCUT2D eigenvalue weighted by molar-refractivity contribution is -0.121. The van der Waals surface area contributed by atoms with E-state index in [2.05, 4.69) is 24.3 Å². The summed E-state index contributed by atoms with van der Waals surface area (Å²) in [5.74, 6) is 0.441. The minimum Gasteiger partial charge on any atom is -0.312 e. The van der Waals surface area contributed by atoms with Crippen molar-refractivity contribution in [2.24, 2.45) is 5.92 Å². The van der Waals surface area contributed by atoms with Crippen molar-refractivity contribution in [1.82, 2.24) is 0 Å². The Kier molecular flexibility index (Phi) is 4.52. The standard InChI is InChI=1S/C21H23NO2/c1-14(2)21(24)12-16-4-6-17(7-5-16)18-8-9-20-19(13-18)10-11-22(20)15(3)23/h4-9,13-14H,10-12H2,1-3H3. The first-order valence-corrected chi connectivity index (χ1v) is 8.49. The van der Waals surface area contributed by atoms with Crippen LogP contribution in [0.2, 0.25) is 0 Å². The Labute approximate surface area is 143 Å². The topological polar surface area (TPSA) is 37.4 Å². The molecule has 0 atom stereocenters. The van der Waals surface area contributed by atoms with Gasteiger partial charge in [-0.3, -0.25) is 9.59 Å². The summed E-state index contributed by atoms with van der Waals surface area (Å²) >= 11 is 0. The van der Waals surface area contributed by atoms with Crippen molar-refractivity contribution in [1.29, 1.82) is 0 Å². The number of carbonyl (C=O) groups is 2. The molecule has 0 unspecified atom stereocenters. The van der Waals surface area contributed by atoms with Crippen molar-refractivity contribution in [3.63, 3.8) is 0 Å². The van der Waals surface area contributed by atoms with Gasteiger partial charge in [-0.2, -0.15) is 0 Å². The molecule has 0 spiro atoms. The number of rotatable bonds is 4. The molecule has 0 N–H and O–H groups in total. The number of carbonyl (C=O) groups excluding carboxylic acids is 2. The molecule has 1 aliphatic rings. The van der Waals surface area contributed by atoms with Crippen LogP contribution in [-0.4, -0.2) is 18.2 Å². The average molecular weight is 321 g/mol. The van der Waals surface area contributed by atoms with Gasteiger partial charge in [0.05, 0.1) is 0 Å². The predicted molar refractivity (Wildman–Crippen MR) is 97.2 cm³/mol. The van der Waals surface area contributed by atoms with Crippen LogP contribution in [0.5, 0.6) is 0 Å². The third-order valence-corrected chi connectivity index (χ3v) is 4.66. The Morgan fingerprint density at radius 1 is 1.04 bits per heavy atom. The van der Waals surface area contributed by atoms with Crippen LogP contribution >= 0.6 is 0 Å². The van der Waals surface area contributed by atoms with Crippen LogP contribution in [-0.2, 0) is 22.4 Å². The van der Waals surface area contributed by atoms with Crippen LogP contribution in [0.4, 0.5) is 5.69 Å². The molecule has 0 aliphatic carbocycles. The number of hydrogen-bond acceptors (Lipinski definition) is 2. The van der Waals surface area contributed by atoms with Crippen molar-refractivity contribution in [3.8, 4) is 11.1 Å². The largest absolute Gasteiger partial charge is 0.312 e. The van der Waals surface area contributed by atoms with Crippen LogP contribution in [0.15, 0.2) is 42.5 Å². The number of anilines is 1. The predicted octanol–water partition coefficient (Wildman–Crippen LogP) is 4.03. The summed E-state index contributed by atoms with van der Waals surface area (Å²) in [6, 6.07) is 14.5. The Morgan fingerprint density at radius 2 is 1.71 bits per heavy atom. The monoisotopic (exact) mass is 321 g/mol. The Hall–Kier alpha value is -2.42. The lowest BCUT2D eigenvalue weighted by atomic mass is 9.97. The molecule has 2 aromatic rings. The number of ketones is 1. The molecular weight excluding hydrogens is 298 g/mol. The zero-order chi connectivity index (χ0) is 17.3. The molecule has 2 aromatic carbocycles. The third kappa shape index (κ3) is 3.25. The highest BCUT2D eigenvalue weighted by Crippen LogP contribution is 2.32. The van der Waals surface area contributed by atoms with E-state index in [0.29, 0.717) is 6.42 Å². The number of nitrogens with zero attached hydrogens (tertiary/aromatic N) is 1. The van der Waals surface area contributed by atoms with E-state index in [1.54, 1.807) is 6.92 Å². The number of benzene rings is 2. The van der Waals surface area contributed by atoms with E-state index >= 15 is 0 Å². The molecule has 1 aliphatic heterocycles. The smallest absolute Gasteiger partial charge is 0.223 e. The molecule has 124 valence electrons. The van der Waals surface area contributed by atoms with Gasteiger partial charge in [0.25, 0.3) is 0 Å². The molecule has 0 radical (unpaired) electrons. The molecular formula is C21H23NO2. The van der Waals surface area contributed by atoms with Gasteiger partial charge in [0.15, 0.2) is 0 Å². The first kappa shape index (κ1) is 16.4. The molecule has 0 saturated carbocycles. The zero-order valence-corrected chi connectivity index (χ0v) is 14.5. The Balaban J connectivity index is 1.81. The summed E-state index contributed by atoms with van der Waals surface area (Å²) in [5, 5.41) is 0. The number of amides is 1. The summed E-state index contributed by atoms with van der Waals surface area (Å²) in [5.41, 5.74) is 5.61. The zero-order valence-electron chi connectivity index (χ0n) is 14.5. The van der Waals surface area contributed by atoms with Gasteiger partial charge >= 0.3 is 0 Å². The maximum atomic E-state index is 11.8. The second kappa shape index (κ2) is 6.60. The van der Waals surface area contributed by atoms with Gasteiger partial charge in [-0.05, 0) is 40.8 Å². The Morgan fingerprint density at radius 3 is 2.33 bits per heavy atom. The fraction of sp³-hybridized carbons (Fsp3) is 0.333. The van der Waals surface area contributed by atoms with Crippen molar-refractivity contribution in [2.75, 3.05) is 11.4 Å². The lowest BCUT2D eigenvalue weighted by Crippen LogP contribution is -2.25. The highest BCUT2D eigenvalue weighted by molar-refractivity contribution is 5.94. The van der Waals surface area contributed by atoms with Gasteiger partial charge < -0.3 is 4.90 Å². The maximum Gasteiger partial charge on any atom is 0.223 e. The second-order valence-corrected chi connectivity index (χ2v) is 6.76. The van der Waals surface area contributed by atoms with E-state index in [1.807, 2.05) is 36.9 Å². The van der Waals surface area contributed by atoms with Gasteiger partial charge in [0, 0.05) is 31.5 Å². The third-order valence-electron chi connectivity index (χ3n) is 4.66. The minimum absolute atomic E-state index is 0.0746. The first-order chi connectivity index (χ1) is 11.5. The van der Waals surface area contributed by atoms with Crippen LogP contribution < -0.4 is 4.90 Å². The fourth-order valence-electron chi connectivity index (χ4n) is 3.13. The van der Waals surface area contributed by atoms with E-state index in [9.17, 15) is 9.59 Å². The number of fused-ring (bicyclic) bond motifs is 1. The molecule has 1 amide bonds. The molecule has 3 nitrogen and oxygen atoms in total. The summed E-state index contributed by atoms with van der Waals surface area (Å²) in [6.07, 6.45) is 1.40. The van der Waals surface area contributed by atoms with E-state index in [1.165, 1.54) is 5.56 Å². The average Bonchev–Trinajstić information content (AvgIpc) is 2.98. The molecule has 24 heavy (non-hydrogen) atoms. The highest BCUT2D eigenvalue weighted by Gasteiger charge is 2.22. The van der Waals surface area contributed by atoms with Crippen LogP contribution in [0, 0.1) is 5.92 Å². The van der Waals surface area contributed by atoms with Gasteiger partial charge in [-0.15, -0.1) is 0 Å². The SMILES string of the molecule is CC(=O)N1CCc2cc(-c3ccc(CC(=O)C(C)C)cc3)ccc21. The van der Waals surface area contributed by atoms with Crippen molar-refractivity contribution in [2.45, 2.75) is 33.6 Å². The minimum atomic E-state index is 0.0746. The number of hydrogen-bond donors (Lipinski definition) is 0. The molecule has 3 rings (SSSR count). The van der Waals surface area contributed by atoms with Gasteiger partial charge in [0.1, 0.15) is 5.78 Å². The van der Waals surface area contributed by atoms with Crippen molar-refractivity contribution < 1.29 is 9.59 Å². The maximum absolute atomic E-state index is 11.8. The number of Topliss-reactive ketones (excluding diaryl/α,β-unsaturated/α-hetero) is 1. The molecule has 1 heterocycles. The molecule has 0 bridgehead atoms. The lowest BCUT2D eigenvalue weighted by Gasteiger charge is -2.15. The molecule has 0 saturated heterocycles. The van der Waals surface area contributed by atoms with Gasteiger partial charge in [-0.25, -0.2) is 0 Å². The highest BCUT2D eigenvalue weighted by atomic mass is 16.2.